The van der Waals surface area contributed by atoms with Crippen LogP contribution in [0.4, 0.5) is 0 Å². The molecule has 0 saturated carbocycles. The van der Waals surface area contributed by atoms with Crippen LogP contribution in [0.15, 0.2) is 93.8 Å². The molecule has 6 rings (SSSR count). The number of carboxylic acid groups (broad SMARTS) is 1. The molecule has 0 spiro atoms. The highest BCUT2D eigenvalue weighted by molar-refractivity contribution is 6.06. The van der Waals surface area contributed by atoms with E-state index in [9.17, 15) is 9.90 Å². The molecule has 0 fully saturated rings. The Kier molecular flexibility index (Phi) is 5.68. The number of furan rings is 2. The molecule has 0 unspecified atom stereocenters. The zero-order valence-electron chi connectivity index (χ0n) is 19.7. The van der Waals surface area contributed by atoms with Crippen molar-refractivity contribution < 1.29 is 18.7 Å². The zero-order valence-corrected chi connectivity index (χ0v) is 19.7. The van der Waals surface area contributed by atoms with Gasteiger partial charge in [0.1, 0.15) is 28.4 Å². The minimum absolute atomic E-state index is 0.335. The average molecular weight is 479 g/mol. The minimum atomic E-state index is -0.992. The lowest BCUT2D eigenvalue weighted by Gasteiger charge is -2.23. The first-order chi connectivity index (χ1) is 17.6. The fourth-order valence-corrected chi connectivity index (χ4v) is 5.00. The maximum absolute atomic E-state index is 11.4. The zero-order chi connectivity index (χ0) is 24.6. The predicted molar refractivity (Wildman–Crippen MR) is 142 cm³/mol. The fourth-order valence-electron chi connectivity index (χ4n) is 5.00. The number of rotatable bonds is 8. The van der Waals surface area contributed by atoms with Crippen molar-refractivity contribution in [1.29, 1.82) is 0 Å². The summed E-state index contributed by atoms with van der Waals surface area (Å²) in [4.78, 5) is 13.6. The van der Waals surface area contributed by atoms with Gasteiger partial charge in [-0.1, -0.05) is 72.8 Å². The number of carboxylic acids is 1. The summed E-state index contributed by atoms with van der Waals surface area (Å²) in [7, 11) is 0. The van der Waals surface area contributed by atoms with Crippen molar-refractivity contribution in [1.82, 2.24) is 4.90 Å². The molecule has 0 saturated heterocycles. The number of benzene rings is 4. The molecule has 2 aromatic heterocycles. The molecule has 0 amide bonds. The molecule has 2 heterocycles. The largest absolute Gasteiger partial charge is 0.480 e. The molecule has 3 N–H and O–H groups in total. The SMILES string of the molecule is N[C@@H](CCN(Cc1cccc2c1oc1ccccc12)Cc1cccc2c1oc1ccccc12)C(=O)O. The molecule has 0 aliphatic carbocycles. The third kappa shape index (κ3) is 4.00. The first kappa shape index (κ1) is 22.3. The van der Waals surface area contributed by atoms with E-state index in [0.29, 0.717) is 26.1 Å². The van der Waals surface area contributed by atoms with E-state index in [4.69, 9.17) is 14.6 Å². The monoisotopic (exact) mass is 478 g/mol. The van der Waals surface area contributed by atoms with Crippen molar-refractivity contribution in [2.45, 2.75) is 25.6 Å². The molecule has 0 bridgehead atoms. The van der Waals surface area contributed by atoms with E-state index >= 15 is 0 Å². The van der Waals surface area contributed by atoms with Gasteiger partial charge in [0, 0.05) is 52.3 Å². The molecular formula is C30H26N2O4. The molecule has 36 heavy (non-hydrogen) atoms. The number of carbonyl (C=O) groups is 1. The maximum Gasteiger partial charge on any atom is 0.320 e. The Balaban J connectivity index is 1.38. The summed E-state index contributed by atoms with van der Waals surface area (Å²) in [6.07, 6.45) is 0.335. The minimum Gasteiger partial charge on any atom is -0.480 e. The number of nitrogens with two attached hydrogens (primary N) is 1. The van der Waals surface area contributed by atoms with Crippen molar-refractivity contribution in [2.75, 3.05) is 6.54 Å². The van der Waals surface area contributed by atoms with Crippen LogP contribution in [0.25, 0.3) is 43.9 Å². The van der Waals surface area contributed by atoms with Crippen LogP contribution in [0.2, 0.25) is 0 Å². The van der Waals surface area contributed by atoms with Crippen molar-refractivity contribution in [3.05, 3.63) is 96.1 Å². The van der Waals surface area contributed by atoms with E-state index in [1.807, 2.05) is 48.5 Å². The van der Waals surface area contributed by atoms with Gasteiger partial charge in [-0.3, -0.25) is 9.69 Å². The number of aliphatic carboxylic acids is 1. The fraction of sp³-hybridized carbons (Fsp3) is 0.167. The third-order valence-electron chi connectivity index (χ3n) is 6.83. The molecule has 0 aliphatic heterocycles. The Morgan fingerprint density at radius 3 is 1.69 bits per heavy atom. The van der Waals surface area contributed by atoms with E-state index in [1.54, 1.807) is 0 Å². The molecule has 0 radical (unpaired) electrons. The number of fused-ring (bicyclic) bond motifs is 6. The quantitative estimate of drug-likeness (QED) is 0.267. The number of hydrogen-bond acceptors (Lipinski definition) is 5. The summed E-state index contributed by atoms with van der Waals surface area (Å²) < 4.78 is 12.5. The van der Waals surface area contributed by atoms with Crippen molar-refractivity contribution >= 4 is 49.8 Å². The van der Waals surface area contributed by atoms with Gasteiger partial charge in [-0.05, 0) is 18.6 Å². The molecular weight excluding hydrogens is 452 g/mol. The van der Waals surface area contributed by atoms with E-state index in [0.717, 1.165) is 55.0 Å². The van der Waals surface area contributed by atoms with Gasteiger partial charge in [-0.2, -0.15) is 0 Å². The predicted octanol–water partition coefficient (Wildman–Crippen LogP) is 6.29. The number of hydrogen-bond donors (Lipinski definition) is 2. The molecule has 1 atom stereocenters. The van der Waals surface area contributed by atoms with Crippen LogP contribution in [0.5, 0.6) is 0 Å². The van der Waals surface area contributed by atoms with Crippen LogP contribution >= 0.6 is 0 Å². The molecule has 6 nitrogen and oxygen atoms in total. The van der Waals surface area contributed by atoms with Crippen LogP contribution in [0, 0.1) is 0 Å². The van der Waals surface area contributed by atoms with Gasteiger partial charge in [-0.15, -0.1) is 0 Å². The van der Waals surface area contributed by atoms with Gasteiger partial charge in [-0.25, -0.2) is 0 Å². The Morgan fingerprint density at radius 2 is 1.19 bits per heavy atom. The Bertz CT molecular complexity index is 1600. The van der Waals surface area contributed by atoms with E-state index in [1.165, 1.54) is 0 Å². The maximum atomic E-state index is 11.4. The van der Waals surface area contributed by atoms with Crippen LogP contribution in [-0.4, -0.2) is 28.6 Å². The molecule has 180 valence electrons. The second kappa shape index (κ2) is 9.15. The first-order valence-electron chi connectivity index (χ1n) is 12.1. The average Bonchev–Trinajstić information content (AvgIpc) is 3.47. The summed E-state index contributed by atoms with van der Waals surface area (Å²) in [5.41, 5.74) is 11.4. The van der Waals surface area contributed by atoms with Crippen LogP contribution in [0.3, 0.4) is 0 Å². The van der Waals surface area contributed by atoms with Crippen LogP contribution < -0.4 is 5.73 Å². The van der Waals surface area contributed by atoms with E-state index in [-0.39, 0.29) is 0 Å². The van der Waals surface area contributed by atoms with Crippen molar-refractivity contribution in [3.8, 4) is 0 Å². The molecule has 6 heteroatoms. The Labute approximate surface area is 207 Å². The van der Waals surface area contributed by atoms with E-state index < -0.39 is 12.0 Å². The number of para-hydroxylation sites is 4. The van der Waals surface area contributed by atoms with Crippen LogP contribution in [-0.2, 0) is 17.9 Å². The highest BCUT2D eigenvalue weighted by atomic mass is 16.4. The van der Waals surface area contributed by atoms with Gasteiger partial charge in [0.25, 0.3) is 0 Å². The van der Waals surface area contributed by atoms with Crippen molar-refractivity contribution in [3.63, 3.8) is 0 Å². The summed E-state index contributed by atoms with van der Waals surface area (Å²) in [6, 6.07) is 27.5. The summed E-state index contributed by atoms with van der Waals surface area (Å²) in [5, 5.41) is 13.7. The van der Waals surface area contributed by atoms with Gasteiger partial charge in [0.2, 0.25) is 0 Å². The Hall–Kier alpha value is -4.13. The Morgan fingerprint density at radius 1 is 0.722 bits per heavy atom. The molecule has 4 aromatic carbocycles. The lowest BCUT2D eigenvalue weighted by molar-refractivity contribution is -0.138. The summed E-state index contributed by atoms with van der Waals surface area (Å²) in [5.74, 6) is -0.992. The van der Waals surface area contributed by atoms with E-state index in [2.05, 4.69) is 41.3 Å². The second-order valence-corrected chi connectivity index (χ2v) is 9.23. The van der Waals surface area contributed by atoms with Gasteiger partial charge in [0.05, 0.1) is 0 Å². The van der Waals surface area contributed by atoms with Crippen molar-refractivity contribution in [2.24, 2.45) is 5.73 Å². The second-order valence-electron chi connectivity index (χ2n) is 9.23. The van der Waals surface area contributed by atoms with Gasteiger partial charge < -0.3 is 19.7 Å². The summed E-state index contributed by atoms with van der Waals surface area (Å²) >= 11 is 0. The van der Waals surface area contributed by atoms with Crippen LogP contribution in [0.1, 0.15) is 17.5 Å². The summed E-state index contributed by atoms with van der Waals surface area (Å²) in [6.45, 7) is 1.68. The lowest BCUT2D eigenvalue weighted by atomic mass is 10.1. The highest BCUT2D eigenvalue weighted by Gasteiger charge is 2.19. The van der Waals surface area contributed by atoms with Gasteiger partial charge in [0.15, 0.2) is 0 Å². The molecule has 6 aromatic rings. The molecule has 0 aliphatic rings. The smallest absolute Gasteiger partial charge is 0.320 e. The van der Waals surface area contributed by atoms with Gasteiger partial charge >= 0.3 is 5.97 Å². The standard InChI is InChI=1S/C30H26N2O4/c31-25(30(33)34)15-16-32(17-19-7-5-11-23-21-9-1-3-13-26(21)35-28(19)23)18-20-8-6-12-24-22-10-2-4-14-27(22)36-29(20)24/h1-14,25H,15-18,31H2,(H,33,34)/t25-/m0/s1. The number of nitrogens with zero attached hydrogens (tertiary/aromatic N) is 1. The topological polar surface area (TPSA) is 92.8 Å². The first-order valence-corrected chi connectivity index (χ1v) is 12.1. The highest BCUT2D eigenvalue weighted by Crippen LogP contribution is 2.33. The third-order valence-corrected chi connectivity index (χ3v) is 6.83. The lowest BCUT2D eigenvalue weighted by Crippen LogP contribution is -2.35. The normalized spacial score (nSPS) is 12.8.